The third-order valence-corrected chi connectivity index (χ3v) is 4.10. The predicted octanol–water partition coefficient (Wildman–Crippen LogP) is 5.17. The molecule has 2 atom stereocenters. The van der Waals surface area contributed by atoms with Crippen LogP contribution in [0.1, 0.15) is 78.6 Å². The van der Waals surface area contributed by atoms with Crippen LogP contribution < -0.4 is 0 Å². The molecule has 0 aromatic heterocycles. The highest BCUT2D eigenvalue weighted by Crippen LogP contribution is 2.40. The topological polar surface area (TPSA) is 0 Å². The Morgan fingerprint density at radius 3 is 2.64 bits per heavy atom. The summed E-state index contributed by atoms with van der Waals surface area (Å²) in [6.45, 7) is 7.26. The lowest BCUT2D eigenvalue weighted by Gasteiger charge is -2.28. The minimum absolute atomic E-state index is 0.694. The van der Waals surface area contributed by atoms with Gasteiger partial charge in [-0.05, 0) is 30.6 Å². The molecule has 0 nitrogen and oxygen atoms in total. The van der Waals surface area contributed by atoms with Crippen molar-refractivity contribution in [2.45, 2.75) is 78.6 Å². The molecule has 14 heavy (non-hydrogen) atoms. The van der Waals surface area contributed by atoms with E-state index in [-0.39, 0.29) is 0 Å². The molecule has 0 heterocycles. The van der Waals surface area contributed by atoms with E-state index < -0.39 is 0 Å². The summed E-state index contributed by atoms with van der Waals surface area (Å²) in [6.07, 6.45) is 13.1. The minimum atomic E-state index is 0.694. The van der Waals surface area contributed by atoms with Gasteiger partial charge in [0.1, 0.15) is 0 Å². The van der Waals surface area contributed by atoms with Crippen LogP contribution in [0.4, 0.5) is 0 Å². The first-order valence-electron chi connectivity index (χ1n) is 6.66. The van der Waals surface area contributed by atoms with Gasteiger partial charge in [0.05, 0.1) is 0 Å². The zero-order chi connectivity index (χ0) is 10.4. The molecule has 0 saturated heterocycles. The first-order valence-corrected chi connectivity index (χ1v) is 6.66. The molecule has 0 aliphatic heterocycles. The fourth-order valence-corrected chi connectivity index (χ4v) is 2.79. The molecule has 0 aromatic rings. The molecule has 0 radical (unpaired) electrons. The fourth-order valence-electron chi connectivity index (χ4n) is 2.79. The zero-order valence-corrected chi connectivity index (χ0v) is 10.4. The zero-order valence-electron chi connectivity index (χ0n) is 10.4. The largest absolute Gasteiger partial charge is 0.0654 e. The Balaban J connectivity index is 2.31. The smallest absolute Gasteiger partial charge is 0.0326 e. The Labute approximate surface area is 90.5 Å². The molecule has 0 aromatic carbocycles. The second-order valence-corrected chi connectivity index (χ2v) is 5.80. The number of rotatable bonds is 4. The van der Waals surface area contributed by atoms with Gasteiger partial charge in [-0.25, -0.2) is 0 Å². The lowest BCUT2D eigenvalue weighted by atomic mass is 9.78. The van der Waals surface area contributed by atoms with Crippen LogP contribution in [0.2, 0.25) is 0 Å². The van der Waals surface area contributed by atoms with E-state index in [1.807, 2.05) is 0 Å². The SMILES string of the molecule is CCCCCC1(C)CCCC(C)CC1. The average molecular weight is 196 g/mol. The lowest BCUT2D eigenvalue weighted by molar-refractivity contribution is 0.242. The molecule has 1 fully saturated rings. The second-order valence-electron chi connectivity index (χ2n) is 5.80. The molecule has 1 saturated carbocycles. The van der Waals surface area contributed by atoms with Crippen molar-refractivity contribution in [1.82, 2.24) is 0 Å². The van der Waals surface area contributed by atoms with Crippen molar-refractivity contribution in [1.29, 1.82) is 0 Å². The minimum Gasteiger partial charge on any atom is -0.0654 e. The molecule has 0 heteroatoms. The standard InChI is InChI=1S/C14H28/c1-4-5-6-10-14(3)11-7-8-13(2)9-12-14/h13H,4-12H2,1-3H3. The Hall–Kier alpha value is 0. The second kappa shape index (κ2) is 5.78. The molecule has 0 spiro atoms. The van der Waals surface area contributed by atoms with E-state index in [0.29, 0.717) is 5.41 Å². The highest BCUT2D eigenvalue weighted by Gasteiger charge is 2.26. The highest BCUT2D eigenvalue weighted by molar-refractivity contribution is 4.78. The molecule has 1 aliphatic carbocycles. The van der Waals surface area contributed by atoms with Gasteiger partial charge >= 0.3 is 0 Å². The molecule has 1 aliphatic rings. The van der Waals surface area contributed by atoms with Crippen molar-refractivity contribution < 1.29 is 0 Å². The third-order valence-electron chi connectivity index (χ3n) is 4.10. The molecular weight excluding hydrogens is 168 g/mol. The normalized spacial score (nSPS) is 34.1. The Kier molecular flexibility index (Phi) is 4.98. The number of unbranched alkanes of at least 4 members (excludes halogenated alkanes) is 2. The van der Waals surface area contributed by atoms with Crippen LogP contribution in [0.25, 0.3) is 0 Å². The summed E-state index contributed by atoms with van der Waals surface area (Å²) in [6, 6.07) is 0. The maximum Gasteiger partial charge on any atom is -0.0326 e. The Morgan fingerprint density at radius 2 is 1.93 bits per heavy atom. The molecule has 0 amide bonds. The van der Waals surface area contributed by atoms with Crippen LogP contribution in [-0.4, -0.2) is 0 Å². The average Bonchev–Trinajstić information content (AvgIpc) is 2.30. The van der Waals surface area contributed by atoms with E-state index in [2.05, 4.69) is 20.8 Å². The molecule has 0 bridgehead atoms. The molecule has 2 unspecified atom stereocenters. The van der Waals surface area contributed by atoms with E-state index in [1.54, 1.807) is 0 Å². The van der Waals surface area contributed by atoms with Crippen molar-refractivity contribution in [2.75, 3.05) is 0 Å². The van der Waals surface area contributed by atoms with E-state index >= 15 is 0 Å². The van der Waals surface area contributed by atoms with E-state index in [0.717, 1.165) is 5.92 Å². The summed E-state index contributed by atoms with van der Waals surface area (Å²) in [5, 5.41) is 0. The van der Waals surface area contributed by atoms with Crippen LogP contribution >= 0.6 is 0 Å². The van der Waals surface area contributed by atoms with Crippen LogP contribution in [-0.2, 0) is 0 Å². The lowest BCUT2D eigenvalue weighted by Crippen LogP contribution is -2.15. The monoisotopic (exact) mass is 196 g/mol. The maximum absolute atomic E-state index is 2.53. The van der Waals surface area contributed by atoms with E-state index in [1.165, 1.54) is 57.8 Å². The van der Waals surface area contributed by atoms with Crippen molar-refractivity contribution in [3.8, 4) is 0 Å². The van der Waals surface area contributed by atoms with Crippen molar-refractivity contribution in [3.05, 3.63) is 0 Å². The van der Waals surface area contributed by atoms with Crippen molar-refractivity contribution in [3.63, 3.8) is 0 Å². The van der Waals surface area contributed by atoms with E-state index in [4.69, 9.17) is 0 Å². The van der Waals surface area contributed by atoms with Gasteiger partial charge < -0.3 is 0 Å². The number of hydrogen-bond donors (Lipinski definition) is 0. The molecule has 84 valence electrons. The van der Waals surface area contributed by atoms with Gasteiger partial charge in [0.15, 0.2) is 0 Å². The van der Waals surface area contributed by atoms with Gasteiger partial charge in [-0.1, -0.05) is 59.3 Å². The van der Waals surface area contributed by atoms with Gasteiger partial charge in [-0.2, -0.15) is 0 Å². The van der Waals surface area contributed by atoms with Crippen LogP contribution in [0.15, 0.2) is 0 Å². The van der Waals surface area contributed by atoms with Gasteiger partial charge in [-0.3, -0.25) is 0 Å². The van der Waals surface area contributed by atoms with Crippen molar-refractivity contribution in [2.24, 2.45) is 11.3 Å². The number of hydrogen-bond acceptors (Lipinski definition) is 0. The third kappa shape index (κ3) is 4.02. The summed E-state index contributed by atoms with van der Waals surface area (Å²) < 4.78 is 0. The van der Waals surface area contributed by atoms with Gasteiger partial charge in [0, 0.05) is 0 Å². The maximum atomic E-state index is 2.53. The van der Waals surface area contributed by atoms with Crippen LogP contribution in [0, 0.1) is 11.3 Å². The van der Waals surface area contributed by atoms with E-state index in [9.17, 15) is 0 Å². The summed E-state index contributed by atoms with van der Waals surface area (Å²) in [5.41, 5.74) is 0.694. The van der Waals surface area contributed by atoms with Gasteiger partial charge in [0.25, 0.3) is 0 Å². The van der Waals surface area contributed by atoms with Crippen LogP contribution in [0.3, 0.4) is 0 Å². The first kappa shape index (κ1) is 12.1. The summed E-state index contributed by atoms with van der Waals surface area (Å²) in [7, 11) is 0. The molecular formula is C14H28. The highest BCUT2D eigenvalue weighted by atomic mass is 14.3. The first-order chi connectivity index (χ1) is 6.66. The summed E-state index contributed by atoms with van der Waals surface area (Å²) in [4.78, 5) is 0. The summed E-state index contributed by atoms with van der Waals surface area (Å²) >= 11 is 0. The van der Waals surface area contributed by atoms with Crippen molar-refractivity contribution >= 4 is 0 Å². The Bertz CT molecular complexity index is 150. The van der Waals surface area contributed by atoms with Gasteiger partial charge in [-0.15, -0.1) is 0 Å². The molecule has 1 rings (SSSR count). The van der Waals surface area contributed by atoms with Crippen LogP contribution in [0.5, 0.6) is 0 Å². The Morgan fingerprint density at radius 1 is 1.14 bits per heavy atom. The molecule has 0 N–H and O–H groups in total. The summed E-state index contributed by atoms with van der Waals surface area (Å²) in [5.74, 6) is 0.989. The fraction of sp³-hybridized carbons (Fsp3) is 1.00. The van der Waals surface area contributed by atoms with Gasteiger partial charge in [0.2, 0.25) is 0 Å². The quantitative estimate of drug-likeness (QED) is 0.429. The predicted molar refractivity (Wildman–Crippen MR) is 64.5 cm³/mol.